The van der Waals surface area contributed by atoms with E-state index in [9.17, 15) is 39.9 Å². The van der Waals surface area contributed by atoms with Crippen LogP contribution in [0.1, 0.15) is 108 Å². The normalized spacial score (nSPS) is 30.8. The van der Waals surface area contributed by atoms with E-state index in [2.05, 4.69) is 11.8 Å². The number of rotatable bonds is 2. The summed E-state index contributed by atoms with van der Waals surface area (Å²) in [5.74, 6) is 1.55. The summed E-state index contributed by atoms with van der Waals surface area (Å²) in [4.78, 5) is 39.3. The maximum absolute atomic E-state index is 14.2. The van der Waals surface area contributed by atoms with Crippen LogP contribution in [0.3, 0.4) is 0 Å². The van der Waals surface area contributed by atoms with Gasteiger partial charge in [-0.15, -0.1) is 0 Å². The number of aliphatic hydroxyl groups excluding tert-OH is 2. The summed E-state index contributed by atoms with van der Waals surface area (Å²) in [6.07, 6.45) is 3.74. The molecule has 0 aromatic heterocycles. The van der Waals surface area contributed by atoms with E-state index < -0.39 is 56.5 Å². The highest BCUT2D eigenvalue weighted by molar-refractivity contribution is 6.23. The molecule has 0 unspecified atom stereocenters. The Bertz CT molecular complexity index is 1530. The Labute approximate surface area is 239 Å². The lowest BCUT2D eigenvalue weighted by Crippen LogP contribution is -2.65. The van der Waals surface area contributed by atoms with E-state index in [-0.39, 0.29) is 47.6 Å². The molecule has 5 rings (SSSR count). The number of aromatic hydroxyl groups is 1. The molecular formula is C33H38O8. The van der Waals surface area contributed by atoms with Gasteiger partial charge in [0.1, 0.15) is 28.4 Å². The minimum absolute atomic E-state index is 0.0336. The fourth-order valence-corrected chi connectivity index (χ4v) is 7.80. The second-order valence-corrected chi connectivity index (χ2v) is 13.3. The molecule has 8 nitrogen and oxygen atoms in total. The predicted octanol–water partition coefficient (Wildman–Crippen LogP) is 4.48. The van der Waals surface area contributed by atoms with E-state index in [1.807, 2.05) is 13.8 Å². The first-order valence-electron chi connectivity index (χ1n) is 14.3. The Morgan fingerprint density at radius 3 is 2.22 bits per heavy atom. The summed E-state index contributed by atoms with van der Waals surface area (Å²) in [5, 5.41) is 57.0. The number of phenols is 1. The van der Waals surface area contributed by atoms with E-state index in [1.165, 1.54) is 0 Å². The maximum Gasteiger partial charge on any atom is 0.203 e. The van der Waals surface area contributed by atoms with Gasteiger partial charge in [-0.25, -0.2) is 0 Å². The molecule has 0 heterocycles. The molecule has 0 radical (unpaired) electrons. The smallest absolute Gasteiger partial charge is 0.203 e. The zero-order valence-corrected chi connectivity index (χ0v) is 24.3. The van der Waals surface area contributed by atoms with E-state index in [4.69, 9.17) is 0 Å². The molecule has 0 spiro atoms. The number of hydrogen-bond donors (Lipinski definition) is 5. The molecule has 0 saturated heterocycles. The van der Waals surface area contributed by atoms with Crippen LogP contribution in [0.2, 0.25) is 0 Å². The highest BCUT2D eigenvalue weighted by Gasteiger charge is 2.68. The second-order valence-electron chi connectivity index (χ2n) is 13.3. The number of carbonyl (C=O) groups excluding carboxylic acids is 3. The van der Waals surface area contributed by atoms with Gasteiger partial charge in [0.15, 0.2) is 17.2 Å². The summed E-state index contributed by atoms with van der Waals surface area (Å²) in [5.41, 5.74) is -5.37. The predicted molar refractivity (Wildman–Crippen MR) is 151 cm³/mol. The molecule has 0 bridgehead atoms. The van der Waals surface area contributed by atoms with Gasteiger partial charge in [0.2, 0.25) is 5.78 Å². The first-order chi connectivity index (χ1) is 19.0. The zero-order chi connectivity index (χ0) is 30.3. The number of carbonyl (C=O) groups is 3. The summed E-state index contributed by atoms with van der Waals surface area (Å²) in [6.45, 7) is 8.33. The molecule has 1 aromatic rings. The quantitative estimate of drug-likeness (QED) is 0.261. The number of fused-ring (bicyclic) bond motifs is 3. The molecule has 8 heteroatoms. The SMILES string of the molecule is CC(=O)C1=C(O)[C@]2(O)C(=O)C3=C(O)c4c(O)c(C#CC5(O)CCCCC5)cc(C(C)C)c4C[C@]3(C)C[C@]2(C)CC1=O. The van der Waals surface area contributed by atoms with Crippen molar-refractivity contribution in [3.05, 3.63) is 45.2 Å². The van der Waals surface area contributed by atoms with Crippen LogP contribution < -0.4 is 0 Å². The van der Waals surface area contributed by atoms with Crippen LogP contribution in [0.5, 0.6) is 5.75 Å². The summed E-state index contributed by atoms with van der Waals surface area (Å²) >= 11 is 0. The molecule has 2 saturated carbocycles. The zero-order valence-electron chi connectivity index (χ0n) is 24.3. The number of hydrogen-bond acceptors (Lipinski definition) is 8. The van der Waals surface area contributed by atoms with Crippen molar-refractivity contribution in [1.82, 2.24) is 0 Å². The minimum atomic E-state index is -2.61. The summed E-state index contributed by atoms with van der Waals surface area (Å²) in [6, 6.07) is 1.76. The molecule has 2 fully saturated rings. The minimum Gasteiger partial charge on any atom is -0.508 e. The fourth-order valence-electron chi connectivity index (χ4n) is 7.80. The fraction of sp³-hybridized carbons (Fsp3) is 0.545. The molecule has 0 amide bonds. The molecular weight excluding hydrogens is 524 g/mol. The third kappa shape index (κ3) is 4.08. The van der Waals surface area contributed by atoms with Crippen molar-refractivity contribution in [2.24, 2.45) is 10.8 Å². The topological polar surface area (TPSA) is 152 Å². The third-order valence-electron chi connectivity index (χ3n) is 9.79. The standard InChI is InChI=1S/C33H38O8/c1-17(2)20-13-19(9-12-32(40)10-7-6-8-11-32)26(36)24-21(20)14-30(4)16-31(5)15-22(35)23(18(3)34)28(38)33(31,41)29(39)25(30)27(24)37/h13,17,36-38,40-41H,6-8,10-11,14-16H2,1-5H3/t30-,31+,33+/m1/s1. The lowest BCUT2D eigenvalue weighted by atomic mass is 9.47. The Kier molecular flexibility index (Phi) is 6.60. The Balaban J connectivity index is 1.75. The molecule has 4 aliphatic rings. The van der Waals surface area contributed by atoms with Crippen LogP contribution in [0.25, 0.3) is 5.76 Å². The molecule has 5 N–H and O–H groups in total. The van der Waals surface area contributed by atoms with Crippen molar-refractivity contribution >= 4 is 23.1 Å². The average Bonchev–Trinajstić information content (AvgIpc) is 2.85. The number of benzene rings is 1. The highest BCUT2D eigenvalue weighted by atomic mass is 16.3. The van der Waals surface area contributed by atoms with Crippen molar-refractivity contribution in [1.29, 1.82) is 0 Å². The van der Waals surface area contributed by atoms with Crippen LogP contribution in [0, 0.1) is 22.7 Å². The molecule has 1 aromatic carbocycles. The lowest BCUT2D eigenvalue weighted by molar-refractivity contribution is -0.164. The van der Waals surface area contributed by atoms with Gasteiger partial charge in [-0.1, -0.05) is 46.0 Å². The van der Waals surface area contributed by atoms with E-state index in [0.717, 1.165) is 31.7 Å². The second kappa shape index (κ2) is 9.30. The van der Waals surface area contributed by atoms with Gasteiger partial charge in [-0.05, 0) is 68.6 Å². The van der Waals surface area contributed by atoms with Gasteiger partial charge in [0.05, 0.1) is 11.1 Å². The van der Waals surface area contributed by atoms with E-state index in [1.54, 1.807) is 19.9 Å². The number of ketones is 3. The van der Waals surface area contributed by atoms with Gasteiger partial charge in [0.25, 0.3) is 0 Å². The lowest BCUT2D eigenvalue weighted by Gasteiger charge is -2.56. The maximum atomic E-state index is 14.2. The monoisotopic (exact) mass is 562 g/mol. The highest BCUT2D eigenvalue weighted by Crippen LogP contribution is 2.63. The van der Waals surface area contributed by atoms with Crippen LogP contribution >= 0.6 is 0 Å². The van der Waals surface area contributed by atoms with Gasteiger partial charge in [-0.3, -0.25) is 14.4 Å². The number of phenolic OH excluding ortho intramolecular Hbond substituents is 1. The average molecular weight is 563 g/mol. The molecule has 3 atom stereocenters. The number of allylic oxidation sites excluding steroid dienone is 1. The van der Waals surface area contributed by atoms with Gasteiger partial charge in [-0.2, -0.15) is 0 Å². The van der Waals surface area contributed by atoms with Crippen molar-refractivity contribution in [2.75, 3.05) is 0 Å². The van der Waals surface area contributed by atoms with Crippen molar-refractivity contribution < 1.29 is 39.9 Å². The van der Waals surface area contributed by atoms with Crippen molar-refractivity contribution in [3.63, 3.8) is 0 Å². The van der Waals surface area contributed by atoms with Crippen molar-refractivity contribution in [3.8, 4) is 17.6 Å². The summed E-state index contributed by atoms with van der Waals surface area (Å²) < 4.78 is 0. The van der Waals surface area contributed by atoms with Gasteiger partial charge >= 0.3 is 0 Å². The Morgan fingerprint density at radius 2 is 1.63 bits per heavy atom. The van der Waals surface area contributed by atoms with Crippen LogP contribution in [-0.4, -0.2) is 54.1 Å². The van der Waals surface area contributed by atoms with Gasteiger partial charge < -0.3 is 25.5 Å². The van der Waals surface area contributed by atoms with Crippen LogP contribution in [0.15, 0.2) is 23.0 Å². The molecule has 4 aliphatic carbocycles. The Hall–Kier alpha value is -3.41. The van der Waals surface area contributed by atoms with Crippen LogP contribution in [-0.2, 0) is 20.8 Å². The largest absolute Gasteiger partial charge is 0.508 e. The van der Waals surface area contributed by atoms with Gasteiger partial charge in [0, 0.05) is 22.8 Å². The number of Topliss-reactive ketones (excluding diaryl/α,β-unsaturated/α-hetero) is 3. The molecule has 41 heavy (non-hydrogen) atoms. The van der Waals surface area contributed by atoms with E-state index in [0.29, 0.717) is 18.4 Å². The number of aliphatic hydroxyl groups is 4. The molecule has 0 aliphatic heterocycles. The Morgan fingerprint density at radius 1 is 1.00 bits per heavy atom. The first kappa shape index (κ1) is 29.1. The third-order valence-corrected chi connectivity index (χ3v) is 9.79. The summed E-state index contributed by atoms with van der Waals surface area (Å²) in [7, 11) is 0. The van der Waals surface area contributed by atoms with Crippen LogP contribution in [0.4, 0.5) is 0 Å². The first-order valence-corrected chi connectivity index (χ1v) is 14.3. The molecule has 218 valence electrons. The van der Waals surface area contributed by atoms with E-state index >= 15 is 0 Å². The van der Waals surface area contributed by atoms with Crippen molar-refractivity contribution in [2.45, 2.75) is 103 Å².